The van der Waals surface area contributed by atoms with Gasteiger partial charge in [0.05, 0.1) is 0 Å². The number of nitrogens with one attached hydrogen (secondary N) is 1. The molecule has 0 spiro atoms. The lowest BCUT2D eigenvalue weighted by molar-refractivity contribution is 0.468. The van der Waals surface area contributed by atoms with Gasteiger partial charge in [-0.2, -0.15) is 0 Å². The molecule has 2 rings (SSSR count). The number of aromatic nitrogens is 1. The van der Waals surface area contributed by atoms with E-state index in [0.717, 1.165) is 0 Å². The van der Waals surface area contributed by atoms with Crippen LogP contribution in [0.5, 0.6) is 0 Å². The Kier molecular flexibility index (Phi) is 3.38. The van der Waals surface area contributed by atoms with Gasteiger partial charge >= 0.3 is 0 Å². The molecule has 0 aliphatic rings. The summed E-state index contributed by atoms with van der Waals surface area (Å²) in [6, 6.07) is 4.71. The fraction of sp³-hybridized carbons (Fsp3) is 0.250. The van der Waals surface area contributed by atoms with Crippen LogP contribution in [0.4, 0.5) is 0 Å². The van der Waals surface area contributed by atoms with Crippen LogP contribution in [-0.2, 0) is 17.1 Å². The minimum absolute atomic E-state index is 0.0800. The summed E-state index contributed by atoms with van der Waals surface area (Å²) in [5.41, 5.74) is 1.87. The third-order valence-corrected chi connectivity index (χ3v) is 3.33. The molecule has 0 amide bonds. The summed E-state index contributed by atoms with van der Waals surface area (Å²) in [6.45, 7) is 3.63. The van der Waals surface area contributed by atoms with E-state index in [1.807, 2.05) is 6.92 Å². The average Bonchev–Trinajstić information content (AvgIpc) is 2.78. The number of rotatable bonds is 3. The van der Waals surface area contributed by atoms with Crippen LogP contribution < -0.4 is 5.56 Å². The number of hydrogen-bond donors (Lipinski definition) is 2. The van der Waals surface area contributed by atoms with Crippen LogP contribution in [0.25, 0.3) is 11.3 Å². The molecule has 0 unspecified atom stereocenters. The minimum atomic E-state index is -2.73. The molecule has 2 aromatic rings. The van der Waals surface area contributed by atoms with Crippen molar-refractivity contribution in [1.29, 1.82) is 0 Å². The Morgan fingerprint density at radius 1 is 1.33 bits per heavy atom. The van der Waals surface area contributed by atoms with Gasteiger partial charge in [-0.15, -0.1) is 0 Å². The van der Waals surface area contributed by atoms with Crippen LogP contribution in [0.3, 0.4) is 0 Å². The highest BCUT2D eigenvalue weighted by atomic mass is 32.2. The van der Waals surface area contributed by atoms with Crippen molar-refractivity contribution >= 4 is 10.7 Å². The number of aryl methyl sites for hydroxylation is 2. The normalized spacial score (nSPS) is 11.1. The van der Waals surface area contributed by atoms with Gasteiger partial charge in [-0.05, 0) is 31.5 Å². The van der Waals surface area contributed by atoms with E-state index in [9.17, 15) is 13.2 Å². The van der Waals surface area contributed by atoms with E-state index in [1.54, 1.807) is 19.1 Å². The van der Waals surface area contributed by atoms with E-state index in [1.165, 1.54) is 6.07 Å². The molecule has 0 aromatic carbocycles. The molecule has 96 valence electrons. The lowest BCUT2D eigenvalue weighted by Crippen LogP contribution is -2.13. The Morgan fingerprint density at radius 2 is 2.06 bits per heavy atom. The van der Waals surface area contributed by atoms with Crippen LogP contribution in [0.1, 0.15) is 18.2 Å². The second kappa shape index (κ2) is 4.81. The number of pyridine rings is 1. The van der Waals surface area contributed by atoms with Crippen molar-refractivity contribution in [3.05, 3.63) is 39.8 Å². The average molecular weight is 267 g/mol. The Balaban J connectivity index is 2.59. The van der Waals surface area contributed by atoms with Crippen LogP contribution in [0.2, 0.25) is 0 Å². The summed E-state index contributed by atoms with van der Waals surface area (Å²) in [6.07, 6.45) is 0.603. The van der Waals surface area contributed by atoms with Gasteiger partial charge in [-0.1, -0.05) is 6.92 Å². The van der Waals surface area contributed by atoms with Crippen molar-refractivity contribution in [2.24, 2.45) is 0 Å². The fourth-order valence-corrected chi connectivity index (χ4v) is 2.12. The molecule has 2 heterocycles. The van der Waals surface area contributed by atoms with Gasteiger partial charge in [0.25, 0.3) is 5.56 Å². The quantitative estimate of drug-likeness (QED) is 0.825. The zero-order chi connectivity index (χ0) is 13.3. The van der Waals surface area contributed by atoms with E-state index < -0.39 is 10.7 Å². The van der Waals surface area contributed by atoms with Crippen molar-refractivity contribution in [3.63, 3.8) is 0 Å². The summed E-state index contributed by atoms with van der Waals surface area (Å²) in [4.78, 5) is 14.3. The highest BCUT2D eigenvalue weighted by Crippen LogP contribution is 2.25. The molecule has 0 fully saturated rings. The molecule has 5 nitrogen and oxygen atoms in total. The zero-order valence-corrected chi connectivity index (χ0v) is 10.9. The summed E-state index contributed by atoms with van der Waals surface area (Å²) >= 11 is 0. The van der Waals surface area contributed by atoms with Gasteiger partial charge in [-0.3, -0.25) is 4.79 Å². The Morgan fingerprint density at radius 3 is 2.61 bits per heavy atom. The van der Waals surface area contributed by atoms with Crippen molar-refractivity contribution in [1.82, 2.24) is 4.98 Å². The van der Waals surface area contributed by atoms with Gasteiger partial charge in [0.2, 0.25) is 15.8 Å². The van der Waals surface area contributed by atoms with E-state index in [0.29, 0.717) is 29.0 Å². The van der Waals surface area contributed by atoms with Crippen LogP contribution in [-0.4, -0.2) is 13.4 Å². The molecule has 6 heteroatoms. The Labute approximate surface area is 105 Å². The van der Waals surface area contributed by atoms with Crippen molar-refractivity contribution < 1.29 is 12.8 Å². The minimum Gasteiger partial charge on any atom is -0.445 e. The third kappa shape index (κ3) is 2.24. The first kappa shape index (κ1) is 12.6. The first-order chi connectivity index (χ1) is 8.52. The third-order valence-electron chi connectivity index (χ3n) is 2.73. The number of thiol groups is 1. The van der Waals surface area contributed by atoms with Gasteiger partial charge in [-0.25, -0.2) is 8.42 Å². The smallest absolute Gasteiger partial charge is 0.251 e. The lowest BCUT2D eigenvalue weighted by Gasteiger charge is -2.04. The first-order valence-corrected chi connectivity index (χ1v) is 6.68. The second-order valence-electron chi connectivity index (χ2n) is 3.91. The van der Waals surface area contributed by atoms with Gasteiger partial charge in [0.15, 0.2) is 0 Å². The summed E-state index contributed by atoms with van der Waals surface area (Å²) in [5, 5.41) is -0.0800. The van der Waals surface area contributed by atoms with E-state index >= 15 is 0 Å². The molecule has 0 aliphatic heterocycles. The SMILES string of the molecule is CCc1cc(-c2ccc([SH](=O)=O)o2)c(C)[nH]c1=O. The van der Waals surface area contributed by atoms with Gasteiger partial charge in [0, 0.05) is 16.8 Å². The zero-order valence-electron chi connectivity index (χ0n) is 10.0. The molecule has 18 heavy (non-hydrogen) atoms. The number of aromatic amines is 1. The standard InChI is InChI=1S/C12H13NO4S/c1-3-8-6-9(7(2)13-12(8)14)10-4-5-11(17-10)18(15)16/h4-6,18H,3H2,1-2H3,(H,13,14). The highest BCUT2D eigenvalue weighted by Gasteiger charge is 2.11. The topological polar surface area (TPSA) is 80.1 Å². The molecule has 0 aliphatic carbocycles. The molecular formula is C12H13NO4S. The lowest BCUT2D eigenvalue weighted by atomic mass is 10.1. The summed E-state index contributed by atoms with van der Waals surface area (Å²) < 4.78 is 26.8. The van der Waals surface area contributed by atoms with Crippen LogP contribution in [0, 0.1) is 6.92 Å². The molecule has 0 atom stereocenters. The first-order valence-electron chi connectivity index (χ1n) is 5.50. The molecular weight excluding hydrogens is 254 g/mol. The Hall–Kier alpha value is -1.82. The summed E-state index contributed by atoms with van der Waals surface area (Å²) in [7, 11) is -2.73. The van der Waals surface area contributed by atoms with Gasteiger partial charge < -0.3 is 9.40 Å². The Bertz CT molecular complexity index is 701. The fourth-order valence-electron chi connectivity index (χ4n) is 1.76. The van der Waals surface area contributed by atoms with Gasteiger partial charge in [0.1, 0.15) is 5.76 Å². The molecule has 0 saturated carbocycles. The van der Waals surface area contributed by atoms with E-state index in [2.05, 4.69) is 4.98 Å². The second-order valence-corrected chi connectivity index (χ2v) is 4.87. The molecule has 1 N–H and O–H groups in total. The monoisotopic (exact) mass is 267 g/mol. The van der Waals surface area contributed by atoms with Crippen LogP contribution >= 0.6 is 0 Å². The highest BCUT2D eigenvalue weighted by molar-refractivity contribution is 7.72. The number of H-pyrrole nitrogens is 1. The maximum Gasteiger partial charge on any atom is 0.251 e. The number of hydrogen-bond acceptors (Lipinski definition) is 4. The van der Waals surface area contributed by atoms with Crippen LogP contribution in [0.15, 0.2) is 32.5 Å². The predicted molar refractivity (Wildman–Crippen MR) is 67.5 cm³/mol. The molecule has 0 bridgehead atoms. The van der Waals surface area contributed by atoms with Crippen molar-refractivity contribution in [3.8, 4) is 11.3 Å². The van der Waals surface area contributed by atoms with Crippen molar-refractivity contribution in [2.45, 2.75) is 25.4 Å². The van der Waals surface area contributed by atoms with Crippen molar-refractivity contribution in [2.75, 3.05) is 0 Å². The largest absolute Gasteiger partial charge is 0.445 e. The molecule has 0 radical (unpaired) electrons. The van der Waals surface area contributed by atoms with E-state index in [4.69, 9.17) is 4.42 Å². The maximum atomic E-state index is 11.6. The maximum absolute atomic E-state index is 11.6. The van der Waals surface area contributed by atoms with E-state index in [-0.39, 0.29) is 10.7 Å². The predicted octanol–water partition coefficient (Wildman–Crippen LogP) is 1.48. The summed E-state index contributed by atoms with van der Waals surface area (Å²) in [5.74, 6) is 0.438. The number of furan rings is 1. The molecule has 0 saturated heterocycles. The molecule has 2 aromatic heterocycles.